The fourth-order valence-electron chi connectivity index (χ4n) is 4.26. The number of fused-ring (bicyclic) bond motifs is 1. The van der Waals surface area contributed by atoms with Crippen LogP contribution in [0.15, 0.2) is 22.7 Å². The first-order valence-electron chi connectivity index (χ1n) is 10.6. The number of primary amides is 1. The summed E-state index contributed by atoms with van der Waals surface area (Å²) in [5.41, 5.74) is 11.9. The molecular formula is C23H29N5O2. The number of benzene rings is 1. The fraction of sp³-hybridized carbons (Fsp3) is 0.478. The summed E-state index contributed by atoms with van der Waals surface area (Å²) in [6.07, 6.45) is 4.08. The van der Waals surface area contributed by atoms with E-state index in [0.717, 1.165) is 48.2 Å². The summed E-state index contributed by atoms with van der Waals surface area (Å²) in [7, 11) is 0. The maximum absolute atomic E-state index is 11.0. The van der Waals surface area contributed by atoms with Crippen molar-refractivity contribution in [2.75, 3.05) is 0 Å². The van der Waals surface area contributed by atoms with Gasteiger partial charge in [-0.2, -0.15) is 10.1 Å². The second-order valence-electron chi connectivity index (χ2n) is 8.97. The third kappa shape index (κ3) is 3.88. The molecule has 1 aliphatic carbocycles. The van der Waals surface area contributed by atoms with Gasteiger partial charge in [-0.05, 0) is 56.1 Å². The van der Waals surface area contributed by atoms with E-state index in [9.17, 15) is 4.79 Å². The van der Waals surface area contributed by atoms with Crippen LogP contribution >= 0.6 is 0 Å². The lowest BCUT2D eigenvalue weighted by Crippen LogP contribution is -2.24. The van der Waals surface area contributed by atoms with Gasteiger partial charge in [0, 0.05) is 29.8 Å². The van der Waals surface area contributed by atoms with Gasteiger partial charge in [0.05, 0.1) is 0 Å². The third-order valence-electron chi connectivity index (χ3n) is 5.98. The molecule has 4 rings (SSSR count). The minimum Gasteiger partial charge on any atom is -0.370 e. The number of hydrogen-bond acceptors (Lipinski definition) is 5. The zero-order valence-corrected chi connectivity index (χ0v) is 18.2. The molecule has 1 amide bonds. The Hall–Kier alpha value is -2.96. The largest absolute Gasteiger partial charge is 0.370 e. The lowest BCUT2D eigenvalue weighted by molar-refractivity contribution is -0.117. The van der Waals surface area contributed by atoms with E-state index < -0.39 is 0 Å². The predicted molar refractivity (Wildman–Crippen MR) is 115 cm³/mol. The molecule has 158 valence electrons. The molecule has 0 saturated carbocycles. The number of rotatable bonds is 6. The van der Waals surface area contributed by atoms with Crippen LogP contribution in [0.2, 0.25) is 0 Å². The average molecular weight is 408 g/mol. The van der Waals surface area contributed by atoms with E-state index in [1.807, 2.05) is 25.1 Å². The molecule has 2 aromatic heterocycles. The van der Waals surface area contributed by atoms with Gasteiger partial charge >= 0.3 is 0 Å². The van der Waals surface area contributed by atoms with Gasteiger partial charge < -0.3 is 10.3 Å². The number of carbonyl (C=O) groups is 1. The monoisotopic (exact) mass is 407 g/mol. The van der Waals surface area contributed by atoms with Crippen LogP contribution in [0.4, 0.5) is 0 Å². The van der Waals surface area contributed by atoms with Crippen molar-refractivity contribution in [3.05, 3.63) is 40.6 Å². The average Bonchev–Trinajstić information content (AvgIpc) is 3.30. The van der Waals surface area contributed by atoms with Crippen molar-refractivity contribution in [3.8, 4) is 23.0 Å². The zero-order valence-electron chi connectivity index (χ0n) is 18.2. The van der Waals surface area contributed by atoms with Crippen molar-refractivity contribution >= 4 is 5.91 Å². The minimum absolute atomic E-state index is 0.282. The van der Waals surface area contributed by atoms with E-state index in [1.54, 1.807) is 0 Å². The first-order valence-corrected chi connectivity index (χ1v) is 10.6. The maximum Gasteiger partial charge on any atom is 0.279 e. The zero-order chi connectivity index (χ0) is 21.5. The maximum atomic E-state index is 11.0. The highest BCUT2D eigenvalue weighted by Gasteiger charge is 2.32. The fourth-order valence-corrected chi connectivity index (χ4v) is 4.26. The Morgan fingerprint density at radius 1 is 1.33 bits per heavy atom. The van der Waals surface area contributed by atoms with E-state index in [-0.39, 0.29) is 11.3 Å². The molecule has 3 aromatic rings. The molecule has 0 aliphatic heterocycles. The highest BCUT2D eigenvalue weighted by molar-refractivity contribution is 5.74. The Morgan fingerprint density at radius 2 is 2.13 bits per heavy atom. The molecule has 1 aliphatic rings. The number of hydrogen-bond donors (Lipinski definition) is 1. The van der Waals surface area contributed by atoms with Crippen LogP contribution in [0.5, 0.6) is 0 Å². The Balaban J connectivity index is 1.64. The molecule has 0 atom stereocenters. The molecule has 2 heterocycles. The second kappa shape index (κ2) is 7.70. The van der Waals surface area contributed by atoms with E-state index in [1.165, 1.54) is 11.3 Å². The first-order chi connectivity index (χ1) is 14.3. The van der Waals surface area contributed by atoms with E-state index in [0.29, 0.717) is 24.6 Å². The molecule has 0 bridgehead atoms. The van der Waals surface area contributed by atoms with Crippen molar-refractivity contribution in [1.29, 1.82) is 0 Å². The highest BCUT2D eigenvalue weighted by atomic mass is 16.5. The molecule has 0 saturated heterocycles. The van der Waals surface area contributed by atoms with Crippen molar-refractivity contribution in [2.45, 2.75) is 66.3 Å². The van der Waals surface area contributed by atoms with Crippen molar-refractivity contribution < 1.29 is 9.32 Å². The molecule has 0 unspecified atom stereocenters. The van der Waals surface area contributed by atoms with Crippen LogP contribution in [0, 0.1) is 12.3 Å². The molecule has 0 fully saturated rings. The van der Waals surface area contributed by atoms with E-state index in [4.69, 9.17) is 15.4 Å². The number of nitrogens with two attached hydrogens (primary N) is 1. The number of nitrogens with zero attached hydrogens (tertiary/aromatic N) is 4. The topological polar surface area (TPSA) is 99.8 Å². The predicted octanol–water partition coefficient (Wildman–Crippen LogP) is 3.86. The summed E-state index contributed by atoms with van der Waals surface area (Å²) in [4.78, 5) is 15.7. The van der Waals surface area contributed by atoms with Crippen LogP contribution < -0.4 is 5.73 Å². The normalized spacial score (nSPS) is 15.2. The van der Waals surface area contributed by atoms with Crippen molar-refractivity contribution in [2.24, 2.45) is 11.1 Å². The van der Waals surface area contributed by atoms with Gasteiger partial charge in [-0.1, -0.05) is 37.2 Å². The Kier molecular flexibility index (Phi) is 5.22. The number of carbonyl (C=O) groups excluding carboxylic acids is 1. The quantitative estimate of drug-likeness (QED) is 0.669. The Bertz CT molecular complexity index is 1090. The molecule has 0 radical (unpaired) electrons. The molecule has 0 spiro atoms. The molecule has 30 heavy (non-hydrogen) atoms. The lowest BCUT2D eigenvalue weighted by Gasteiger charge is -2.30. The van der Waals surface area contributed by atoms with Gasteiger partial charge in [-0.3, -0.25) is 9.48 Å². The van der Waals surface area contributed by atoms with Crippen LogP contribution in [0.1, 0.15) is 56.0 Å². The summed E-state index contributed by atoms with van der Waals surface area (Å²) >= 11 is 0. The molecule has 1 aromatic carbocycles. The first kappa shape index (κ1) is 20.3. The van der Waals surface area contributed by atoms with Gasteiger partial charge in [0.2, 0.25) is 11.7 Å². The summed E-state index contributed by atoms with van der Waals surface area (Å²) in [6.45, 7) is 9.56. The van der Waals surface area contributed by atoms with Gasteiger partial charge in [0.15, 0.2) is 5.69 Å². The van der Waals surface area contributed by atoms with Gasteiger partial charge in [-0.15, -0.1) is 0 Å². The summed E-state index contributed by atoms with van der Waals surface area (Å²) in [5.74, 6) is 0.739. The summed E-state index contributed by atoms with van der Waals surface area (Å²) in [6, 6.07) is 6.00. The summed E-state index contributed by atoms with van der Waals surface area (Å²) < 4.78 is 7.72. The van der Waals surface area contributed by atoms with Gasteiger partial charge in [0.25, 0.3) is 5.89 Å². The van der Waals surface area contributed by atoms with Gasteiger partial charge in [0.1, 0.15) is 0 Å². The van der Waals surface area contributed by atoms with Crippen LogP contribution in [0.25, 0.3) is 23.0 Å². The molecular weight excluding hydrogens is 378 g/mol. The van der Waals surface area contributed by atoms with E-state index in [2.05, 4.69) is 35.6 Å². The SMILES string of the molecule is CCn1nc(-c2nc(-c3ccc(CCC(N)=O)cc3C)no2)c2c1CC(C)(C)CC2. The second-order valence-corrected chi connectivity index (χ2v) is 8.97. The standard InChI is InChI=1S/C23H29N5O2/c1-5-28-18-13-23(3,4)11-10-17(18)20(26-28)22-25-21(27-30-22)16-8-6-15(12-14(16)2)7-9-19(24)29/h6,8,12H,5,7,9-11,13H2,1-4H3,(H2,24,29). The Labute approximate surface area is 176 Å². The third-order valence-corrected chi connectivity index (χ3v) is 5.98. The van der Waals surface area contributed by atoms with E-state index >= 15 is 0 Å². The smallest absolute Gasteiger partial charge is 0.279 e. The number of aryl methyl sites for hydroxylation is 3. The highest BCUT2D eigenvalue weighted by Crippen LogP contribution is 2.39. The summed E-state index contributed by atoms with van der Waals surface area (Å²) in [5, 5.41) is 9.04. The number of aromatic nitrogens is 4. The van der Waals surface area contributed by atoms with Crippen molar-refractivity contribution in [1.82, 2.24) is 19.9 Å². The Morgan fingerprint density at radius 3 is 2.83 bits per heavy atom. The number of amides is 1. The van der Waals surface area contributed by atoms with Crippen molar-refractivity contribution in [3.63, 3.8) is 0 Å². The minimum atomic E-state index is -0.294. The molecule has 7 heteroatoms. The van der Waals surface area contributed by atoms with Crippen LogP contribution in [-0.2, 0) is 30.6 Å². The molecule has 2 N–H and O–H groups in total. The van der Waals surface area contributed by atoms with Crippen LogP contribution in [-0.4, -0.2) is 25.8 Å². The lowest BCUT2D eigenvalue weighted by atomic mass is 9.76. The van der Waals surface area contributed by atoms with Gasteiger partial charge in [-0.25, -0.2) is 0 Å². The van der Waals surface area contributed by atoms with Crippen LogP contribution in [0.3, 0.4) is 0 Å². The molecule has 7 nitrogen and oxygen atoms in total.